The van der Waals surface area contributed by atoms with E-state index in [-0.39, 0.29) is 12.7 Å². The van der Waals surface area contributed by atoms with E-state index in [1.807, 2.05) is 0 Å². The van der Waals surface area contributed by atoms with Gasteiger partial charge in [-0.3, -0.25) is 0 Å². The first-order chi connectivity index (χ1) is 5.86. The van der Waals surface area contributed by atoms with E-state index in [1.54, 1.807) is 0 Å². The van der Waals surface area contributed by atoms with E-state index in [0.29, 0.717) is 6.10 Å². The molecule has 1 fully saturated rings. The van der Waals surface area contributed by atoms with Crippen molar-refractivity contribution in [3.05, 3.63) is 0 Å². The van der Waals surface area contributed by atoms with Gasteiger partial charge in [0.1, 0.15) is 0 Å². The van der Waals surface area contributed by atoms with Crippen LogP contribution in [0, 0.1) is 0 Å². The number of aliphatic hydroxyl groups is 1. The highest BCUT2D eigenvalue weighted by Gasteiger charge is 2.16. The van der Waals surface area contributed by atoms with Crippen LogP contribution in [0.2, 0.25) is 0 Å². The topological polar surface area (TPSA) is 29.5 Å². The van der Waals surface area contributed by atoms with Gasteiger partial charge in [0.2, 0.25) is 0 Å². The van der Waals surface area contributed by atoms with Gasteiger partial charge in [-0.05, 0) is 19.3 Å². The standard InChI is InChI=1S/C10H20O2/c1-2-9-6-4-3-5-7-10(8-11)12-9/h9-11H,2-8H2,1H3/t9-,10-/m1/s1. The Balaban J connectivity index is 2.33. The normalized spacial score (nSPS) is 32.5. The highest BCUT2D eigenvalue weighted by atomic mass is 16.5. The molecule has 72 valence electrons. The molecule has 1 saturated heterocycles. The number of hydrogen-bond acceptors (Lipinski definition) is 2. The molecule has 0 saturated carbocycles. The fourth-order valence-corrected chi connectivity index (χ4v) is 1.76. The van der Waals surface area contributed by atoms with Crippen molar-refractivity contribution in [3.63, 3.8) is 0 Å². The first-order valence-electron chi connectivity index (χ1n) is 5.13. The molecule has 2 atom stereocenters. The van der Waals surface area contributed by atoms with Crippen LogP contribution >= 0.6 is 0 Å². The highest BCUT2D eigenvalue weighted by Crippen LogP contribution is 2.19. The maximum atomic E-state index is 9.00. The lowest BCUT2D eigenvalue weighted by Gasteiger charge is -2.25. The molecular weight excluding hydrogens is 152 g/mol. The summed E-state index contributed by atoms with van der Waals surface area (Å²) in [7, 11) is 0. The van der Waals surface area contributed by atoms with Crippen molar-refractivity contribution in [1.82, 2.24) is 0 Å². The largest absolute Gasteiger partial charge is 0.394 e. The zero-order valence-electron chi connectivity index (χ0n) is 7.96. The number of aliphatic hydroxyl groups excluding tert-OH is 1. The van der Waals surface area contributed by atoms with Crippen LogP contribution in [-0.4, -0.2) is 23.9 Å². The molecule has 0 aliphatic carbocycles. The monoisotopic (exact) mass is 172 g/mol. The molecule has 0 bridgehead atoms. The van der Waals surface area contributed by atoms with Crippen LogP contribution in [0.15, 0.2) is 0 Å². The van der Waals surface area contributed by atoms with E-state index in [1.165, 1.54) is 25.7 Å². The van der Waals surface area contributed by atoms with Gasteiger partial charge in [-0.1, -0.05) is 26.2 Å². The molecule has 2 heteroatoms. The summed E-state index contributed by atoms with van der Waals surface area (Å²) in [5.41, 5.74) is 0. The summed E-state index contributed by atoms with van der Waals surface area (Å²) in [4.78, 5) is 0. The van der Waals surface area contributed by atoms with Crippen LogP contribution in [0.5, 0.6) is 0 Å². The molecule has 0 spiro atoms. The maximum Gasteiger partial charge on any atom is 0.0809 e. The summed E-state index contributed by atoms with van der Waals surface area (Å²) < 4.78 is 5.74. The highest BCUT2D eigenvalue weighted by molar-refractivity contribution is 4.66. The molecule has 0 radical (unpaired) electrons. The van der Waals surface area contributed by atoms with Crippen molar-refractivity contribution < 1.29 is 9.84 Å². The molecule has 1 N–H and O–H groups in total. The molecule has 0 unspecified atom stereocenters. The van der Waals surface area contributed by atoms with E-state index < -0.39 is 0 Å². The summed E-state index contributed by atoms with van der Waals surface area (Å²) in [5.74, 6) is 0. The van der Waals surface area contributed by atoms with E-state index in [4.69, 9.17) is 9.84 Å². The molecule has 1 rings (SSSR count). The Hall–Kier alpha value is -0.0800. The smallest absolute Gasteiger partial charge is 0.0809 e. The van der Waals surface area contributed by atoms with Gasteiger partial charge in [-0.2, -0.15) is 0 Å². The average Bonchev–Trinajstić information content (AvgIpc) is 2.05. The molecule has 1 heterocycles. The summed E-state index contributed by atoms with van der Waals surface area (Å²) in [6.45, 7) is 2.34. The molecule has 12 heavy (non-hydrogen) atoms. The lowest BCUT2D eigenvalue weighted by atomic mass is 10.0. The van der Waals surface area contributed by atoms with Gasteiger partial charge in [0.05, 0.1) is 18.8 Å². The minimum atomic E-state index is 0.107. The molecule has 1 aliphatic heterocycles. The van der Waals surface area contributed by atoms with Crippen LogP contribution in [-0.2, 0) is 4.74 Å². The first-order valence-corrected chi connectivity index (χ1v) is 5.13. The Morgan fingerprint density at radius 1 is 1.17 bits per heavy atom. The third-order valence-electron chi connectivity index (χ3n) is 2.60. The minimum Gasteiger partial charge on any atom is -0.394 e. The van der Waals surface area contributed by atoms with Crippen molar-refractivity contribution in [2.45, 2.75) is 57.7 Å². The minimum absolute atomic E-state index is 0.107. The second kappa shape index (κ2) is 5.55. The molecule has 0 amide bonds. The van der Waals surface area contributed by atoms with Gasteiger partial charge in [-0.15, -0.1) is 0 Å². The number of ether oxygens (including phenoxy) is 1. The molecule has 2 nitrogen and oxygen atoms in total. The second-order valence-electron chi connectivity index (χ2n) is 3.61. The van der Waals surface area contributed by atoms with Crippen molar-refractivity contribution in [2.75, 3.05) is 6.61 Å². The van der Waals surface area contributed by atoms with Crippen molar-refractivity contribution in [1.29, 1.82) is 0 Å². The van der Waals surface area contributed by atoms with E-state index in [2.05, 4.69) is 6.92 Å². The van der Waals surface area contributed by atoms with Gasteiger partial charge in [0.15, 0.2) is 0 Å². The fourth-order valence-electron chi connectivity index (χ4n) is 1.76. The number of hydrogen-bond donors (Lipinski definition) is 1. The lowest BCUT2D eigenvalue weighted by Crippen LogP contribution is -2.26. The zero-order chi connectivity index (χ0) is 8.81. The second-order valence-corrected chi connectivity index (χ2v) is 3.61. The SMILES string of the molecule is CC[C@@H]1CCCCC[C@H](CO)O1. The molecule has 1 aliphatic rings. The van der Waals surface area contributed by atoms with Crippen molar-refractivity contribution >= 4 is 0 Å². The van der Waals surface area contributed by atoms with Crippen LogP contribution in [0.25, 0.3) is 0 Å². The summed E-state index contributed by atoms with van der Waals surface area (Å²) >= 11 is 0. The number of rotatable bonds is 2. The molecule has 0 aromatic rings. The van der Waals surface area contributed by atoms with Gasteiger partial charge < -0.3 is 9.84 Å². The van der Waals surface area contributed by atoms with Gasteiger partial charge in [0, 0.05) is 0 Å². The van der Waals surface area contributed by atoms with Gasteiger partial charge >= 0.3 is 0 Å². The van der Waals surface area contributed by atoms with E-state index in [0.717, 1.165) is 12.8 Å². The maximum absolute atomic E-state index is 9.00. The van der Waals surface area contributed by atoms with Gasteiger partial charge in [0.25, 0.3) is 0 Å². The van der Waals surface area contributed by atoms with Crippen LogP contribution < -0.4 is 0 Å². The van der Waals surface area contributed by atoms with Crippen LogP contribution in [0.4, 0.5) is 0 Å². The Morgan fingerprint density at radius 3 is 2.42 bits per heavy atom. The average molecular weight is 172 g/mol. The Labute approximate surface area is 74.9 Å². The van der Waals surface area contributed by atoms with Crippen molar-refractivity contribution in [3.8, 4) is 0 Å². The Bertz CT molecular complexity index is 102. The van der Waals surface area contributed by atoms with Crippen LogP contribution in [0.3, 0.4) is 0 Å². The van der Waals surface area contributed by atoms with Crippen molar-refractivity contribution in [2.24, 2.45) is 0 Å². The van der Waals surface area contributed by atoms with E-state index >= 15 is 0 Å². The Kier molecular flexibility index (Phi) is 4.62. The summed E-state index contributed by atoms with van der Waals surface area (Å²) in [6.07, 6.45) is 7.59. The lowest BCUT2D eigenvalue weighted by molar-refractivity contribution is -0.0548. The van der Waals surface area contributed by atoms with Gasteiger partial charge in [-0.25, -0.2) is 0 Å². The zero-order valence-corrected chi connectivity index (χ0v) is 7.96. The predicted molar refractivity (Wildman–Crippen MR) is 49.1 cm³/mol. The first kappa shape index (κ1) is 10.0. The quantitative estimate of drug-likeness (QED) is 0.691. The third-order valence-corrected chi connectivity index (χ3v) is 2.60. The fraction of sp³-hybridized carbons (Fsp3) is 1.00. The molecule has 0 aromatic heterocycles. The summed E-state index contributed by atoms with van der Waals surface area (Å²) in [5, 5.41) is 9.00. The van der Waals surface area contributed by atoms with E-state index in [9.17, 15) is 0 Å². The van der Waals surface area contributed by atoms with Crippen LogP contribution in [0.1, 0.15) is 45.4 Å². The third kappa shape index (κ3) is 3.11. The molecule has 0 aromatic carbocycles. The Morgan fingerprint density at radius 2 is 1.83 bits per heavy atom. The molecular formula is C10H20O2. The predicted octanol–water partition coefficient (Wildman–Crippen LogP) is 2.11. The summed E-state index contributed by atoms with van der Waals surface area (Å²) in [6, 6.07) is 0.